The summed E-state index contributed by atoms with van der Waals surface area (Å²) < 4.78 is 11.1. The highest BCUT2D eigenvalue weighted by Gasteiger charge is 2.06. The molecule has 1 aromatic heterocycles. The Bertz CT molecular complexity index is 765. The third kappa shape index (κ3) is 3.86. The van der Waals surface area contributed by atoms with Gasteiger partial charge in [-0.25, -0.2) is 4.98 Å². The minimum Gasteiger partial charge on any atom is -0.493 e. The Morgan fingerprint density at radius 2 is 1.96 bits per heavy atom. The van der Waals surface area contributed by atoms with Crippen molar-refractivity contribution in [3.63, 3.8) is 0 Å². The molecule has 0 bridgehead atoms. The monoisotopic (exact) mass is 325 g/mol. The summed E-state index contributed by atoms with van der Waals surface area (Å²) in [6.07, 6.45) is 0.976. The minimum absolute atomic E-state index is 0.686. The van der Waals surface area contributed by atoms with E-state index in [1.807, 2.05) is 36.4 Å². The molecule has 0 aliphatic carbocycles. The van der Waals surface area contributed by atoms with Crippen LogP contribution in [0.25, 0.3) is 11.0 Å². The second kappa shape index (κ2) is 7.84. The van der Waals surface area contributed by atoms with Crippen molar-refractivity contribution in [1.29, 1.82) is 0 Å². The summed E-state index contributed by atoms with van der Waals surface area (Å²) >= 11 is 0. The van der Waals surface area contributed by atoms with E-state index in [9.17, 15) is 0 Å². The van der Waals surface area contributed by atoms with Crippen LogP contribution in [0.4, 0.5) is 0 Å². The molecule has 2 aromatic carbocycles. The highest BCUT2D eigenvalue weighted by Crippen LogP contribution is 2.28. The minimum atomic E-state index is 0.686. The van der Waals surface area contributed by atoms with Crippen molar-refractivity contribution in [1.82, 2.24) is 15.3 Å². The van der Waals surface area contributed by atoms with Crippen LogP contribution in [0.5, 0.6) is 11.5 Å². The number of nitrogens with one attached hydrogen (secondary N) is 2. The topological polar surface area (TPSA) is 59.2 Å². The van der Waals surface area contributed by atoms with Crippen molar-refractivity contribution in [2.24, 2.45) is 0 Å². The number of imidazole rings is 1. The molecule has 0 atom stereocenters. The zero-order valence-electron chi connectivity index (χ0n) is 14.1. The molecule has 5 nitrogen and oxygen atoms in total. The fraction of sp³-hybridized carbons (Fsp3) is 0.316. The molecule has 3 rings (SSSR count). The predicted octanol–water partition coefficient (Wildman–Crippen LogP) is 3.65. The van der Waals surface area contributed by atoms with Gasteiger partial charge in [-0.3, -0.25) is 0 Å². The van der Waals surface area contributed by atoms with Crippen molar-refractivity contribution < 1.29 is 9.47 Å². The first-order valence-corrected chi connectivity index (χ1v) is 8.24. The van der Waals surface area contributed by atoms with E-state index in [-0.39, 0.29) is 0 Å². The van der Waals surface area contributed by atoms with Gasteiger partial charge in [0, 0.05) is 6.54 Å². The van der Waals surface area contributed by atoms with Crippen molar-refractivity contribution in [2.45, 2.75) is 26.4 Å². The van der Waals surface area contributed by atoms with Crippen molar-refractivity contribution >= 4 is 11.0 Å². The molecular formula is C19H23N3O2. The van der Waals surface area contributed by atoms with Crippen LogP contribution in [0.15, 0.2) is 42.5 Å². The van der Waals surface area contributed by atoms with E-state index in [1.165, 1.54) is 0 Å². The third-order valence-corrected chi connectivity index (χ3v) is 3.75. The number of aromatic nitrogens is 2. The molecule has 0 fully saturated rings. The zero-order valence-corrected chi connectivity index (χ0v) is 14.1. The number of aromatic amines is 1. The number of H-pyrrole nitrogens is 1. The fourth-order valence-corrected chi connectivity index (χ4v) is 2.57. The van der Waals surface area contributed by atoms with E-state index in [1.54, 1.807) is 7.11 Å². The molecule has 0 aliphatic heterocycles. The number of para-hydroxylation sites is 2. The largest absolute Gasteiger partial charge is 0.493 e. The molecule has 2 N–H and O–H groups in total. The number of benzene rings is 2. The molecule has 0 amide bonds. The van der Waals surface area contributed by atoms with Crippen molar-refractivity contribution in [3.8, 4) is 11.5 Å². The van der Waals surface area contributed by atoms with Crippen molar-refractivity contribution in [3.05, 3.63) is 53.9 Å². The van der Waals surface area contributed by atoms with Crippen molar-refractivity contribution in [2.75, 3.05) is 13.7 Å². The molecule has 0 radical (unpaired) electrons. The van der Waals surface area contributed by atoms with Gasteiger partial charge in [0.25, 0.3) is 0 Å². The Morgan fingerprint density at radius 3 is 2.75 bits per heavy atom. The summed E-state index contributed by atoms with van der Waals surface area (Å²) in [6.45, 7) is 4.20. The molecule has 0 unspecified atom stereocenters. The van der Waals surface area contributed by atoms with Gasteiger partial charge in [-0.2, -0.15) is 0 Å². The SMILES string of the molecule is CCCOc1ccc(CNCc2nc3ccccc3[nH]2)cc1OC. The van der Waals surface area contributed by atoms with Gasteiger partial charge in [0.2, 0.25) is 0 Å². The fourth-order valence-electron chi connectivity index (χ4n) is 2.57. The smallest absolute Gasteiger partial charge is 0.161 e. The highest BCUT2D eigenvalue weighted by atomic mass is 16.5. The van der Waals surface area contributed by atoms with Crippen LogP contribution in [-0.4, -0.2) is 23.7 Å². The van der Waals surface area contributed by atoms with E-state index in [4.69, 9.17) is 9.47 Å². The molecule has 3 aromatic rings. The molecule has 126 valence electrons. The second-order valence-electron chi connectivity index (χ2n) is 5.64. The van der Waals surface area contributed by atoms with Crippen LogP contribution in [0.1, 0.15) is 24.7 Å². The van der Waals surface area contributed by atoms with Gasteiger partial charge >= 0.3 is 0 Å². The summed E-state index contributed by atoms with van der Waals surface area (Å²) in [7, 11) is 1.67. The maximum absolute atomic E-state index is 5.68. The lowest BCUT2D eigenvalue weighted by atomic mass is 10.2. The number of ether oxygens (including phenoxy) is 2. The molecule has 24 heavy (non-hydrogen) atoms. The van der Waals surface area contributed by atoms with Gasteiger partial charge < -0.3 is 19.8 Å². The van der Waals surface area contributed by atoms with Crippen LogP contribution in [-0.2, 0) is 13.1 Å². The normalized spacial score (nSPS) is 10.9. The molecular weight excluding hydrogens is 302 g/mol. The maximum Gasteiger partial charge on any atom is 0.161 e. The van der Waals surface area contributed by atoms with Gasteiger partial charge in [0.15, 0.2) is 11.5 Å². The van der Waals surface area contributed by atoms with E-state index in [2.05, 4.69) is 28.3 Å². The van der Waals surface area contributed by atoms with Gasteiger partial charge in [-0.1, -0.05) is 25.1 Å². The molecule has 0 saturated heterocycles. The van der Waals surface area contributed by atoms with E-state index < -0.39 is 0 Å². The van der Waals surface area contributed by atoms with Crippen LogP contribution in [0.2, 0.25) is 0 Å². The average molecular weight is 325 g/mol. The molecule has 5 heteroatoms. The lowest BCUT2D eigenvalue weighted by Gasteiger charge is -2.12. The van der Waals surface area contributed by atoms with E-state index in [0.29, 0.717) is 13.2 Å². The average Bonchev–Trinajstić information content (AvgIpc) is 3.03. The summed E-state index contributed by atoms with van der Waals surface area (Å²) in [6, 6.07) is 14.1. The first-order valence-electron chi connectivity index (χ1n) is 8.24. The van der Waals surface area contributed by atoms with Gasteiger partial charge in [0.05, 0.1) is 31.3 Å². The summed E-state index contributed by atoms with van der Waals surface area (Å²) in [5.74, 6) is 2.50. The molecule has 0 aliphatic rings. The summed E-state index contributed by atoms with van der Waals surface area (Å²) in [5, 5.41) is 3.40. The van der Waals surface area contributed by atoms with Gasteiger partial charge in [0.1, 0.15) is 5.82 Å². The van der Waals surface area contributed by atoms with Gasteiger partial charge in [-0.05, 0) is 36.2 Å². The standard InChI is InChI=1S/C19H23N3O2/c1-3-10-24-17-9-8-14(11-18(17)23-2)12-20-13-19-21-15-6-4-5-7-16(15)22-19/h4-9,11,20H,3,10,12-13H2,1-2H3,(H,21,22). The summed E-state index contributed by atoms with van der Waals surface area (Å²) in [5.41, 5.74) is 3.20. The predicted molar refractivity (Wildman–Crippen MR) is 95.4 cm³/mol. The number of methoxy groups -OCH3 is 1. The quantitative estimate of drug-likeness (QED) is 0.664. The highest BCUT2D eigenvalue weighted by molar-refractivity contribution is 5.74. The van der Waals surface area contributed by atoms with E-state index in [0.717, 1.165) is 46.9 Å². The molecule has 1 heterocycles. The number of hydrogen-bond donors (Lipinski definition) is 2. The Hall–Kier alpha value is -2.53. The van der Waals surface area contributed by atoms with Crippen LogP contribution in [0.3, 0.4) is 0 Å². The number of fused-ring (bicyclic) bond motifs is 1. The third-order valence-electron chi connectivity index (χ3n) is 3.75. The first-order chi connectivity index (χ1) is 11.8. The van der Waals surface area contributed by atoms with E-state index >= 15 is 0 Å². The molecule has 0 saturated carbocycles. The summed E-state index contributed by atoms with van der Waals surface area (Å²) in [4.78, 5) is 7.88. The Balaban J connectivity index is 1.59. The Morgan fingerprint density at radius 1 is 1.08 bits per heavy atom. The first kappa shape index (κ1) is 16.3. The van der Waals surface area contributed by atoms with Crippen LogP contribution in [0, 0.1) is 0 Å². The lowest BCUT2D eigenvalue weighted by Crippen LogP contribution is -2.13. The Kier molecular flexibility index (Phi) is 5.33. The van der Waals surface area contributed by atoms with Crippen LogP contribution >= 0.6 is 0 Å². The lowest BCUT2D eigenvalue weighted by molar-refractivity contribution is 0.294. The second-order valence-corrected chi connectivity index (χ2v) is 5.64. The van der Waals surface area contributed by atoms with Gasteiger partial charge in [-0.15, -0.1) is 0 Å². The maximum atomic E-state index is 5.68. The Labute approximate surface area is 142 Å². The van der Waals surface area contributed by atoms with Crippen LogP contribution < -0.4 is 14.8 Å². The molecule has 0 spiro atoms. The zero-order chi connectivity index (χ0) is 16.8. The number of rotatable bonds is 8. The number of hydrogen-bond acceptors (Lipinski definition) is 4. The number of nitrogens with zero attached hydrogens (tertiary/aromatic N) is 1.